The van der Waals surface area contributed by atoms with Gasteiger partial charge in [0, 0.05) is 12.3 Å². The molecular formula is C18H21FN2O2. The van der Waals surface area contributed by atoms with Gasteiger partial charge in [-0.2, -0.15) is 0 Å². The first-order valence-corrected chi connectivity index (χ1v) is 7.59. The van der Waals surface area contributed by atoms with Crippen molar-refractivity contribution in [3.8, 4) is 0 Å². The predicted molar refractivity (Wildman–Crippen MR) is 88.8 cm³/mol. The van der Waals surface area contributed by atoms with Crippen molar-refractivity contribution in [2.24, 2.45) is 0 Å². The summed E-state index contributed by atoms with van der Waals surface area (Å²) in [5.41, 5.74) is 2.21. The fourth-order valence-electron chi connectivity index (χ4n) is 2.39. The summed E-state index contributed by atoms with van der Waals surface area (Å²) in [5.74, 6) is -0.335. The van der Waals surface area contributed by atoms with Crippen molar-refractivity contribution in [3.63, 3.8) is 0 Å². The number of benzene rings is 2. The van der Waals surface area contributed by atoms with Gasteiger partial charge in [0.2, 0.25) is 0 Å². The molecule has 0 aromatic heterocycles. The highest BCUT2D eigenvalue weighted by Crippen LogP contribution is 2.19. The first-order chi connectivity index (χ1) is 11.1. The van der Waals surface area contributed by atoms with E-state index in [1.165, 1.54) is 18.2 Å². The average Bonchev–Trinajstić information content (AvgIpc) is 2.55. The summed E-state index contributed by atoms with van der Waals surface area (Å²) in [6, 6.07) is 13.3. The quantitative estimate of drug-likeness (QED) is 0.759. The molecule has 0 aliphatic heterocycles. The first-order valence-electron chi connectivity index (χ1n) is 7.59. The van der Waals surface area contributed by atoms with Crippen molar-refractivity contribution in [2.45, 2.75) is 25.8 Å². The second-order valence-corrected chi connectivity index (χ2v) is 5.39. The molecule has 1 atom stereocenters. The molecular weight excluding hydrogens is 295 g/mol. The van der Waals surface area contributed by atoms with Crippen LogP contribution in [0.4, 0.5) is 14.9 Å². The Hall–Kier alpha value is -2.40. The lowest BCUT2D eigenvalue weighted by Gasteiger charge is -2.20. The lowest BCUT2D eigenvalue weighted by Crippen LogP contribution is -2.33. The molecule has 23 heavy (non-hydrogen) atoms. The summed E-state index contributed by atoms with van der Waals surface area (Å²) >= 11 is 0. The van der Waals surface area contributed by atoms with Gasteiger partial charge >= 0.3 is 6.03 Å². The molecule has 2 amide bonds. The summed E-state index contributed by atoms with van der Waals surface area (Å²) in [6.45, 7) is 1.81. The molecule has 0 saturated carbocycles. The van der Waals surface area contributed by atoms with Crippen LogP contribution in [0.3, 0.4) is 0 Å². The van der Waals surface area contributed by atoms with Crippen molar-refractivity contribution in [1.82, 2.24) is 5.32 Å². The molecule has 4 nitrogen and oxygen atoms in total. The van der Waals surface area contributed by atoms with E-state index in [0.29, 0.717) is 24.1 Å². The number of carbonyl (C=O) groups is 1. The van der Waals surface area contributed by atoms with Crippen LogP contribution in [0, 0.1) is 12.7 Å². The summed E-state index contributed by atoms with van der Waals surface area (Å²) < 4.78 is 13.1. The topological polar surface area (TPSA) is 61.4 Å². The van der Waals surface area contributed by atoms with Crippen LogP contribution in [0.25, 0.3) is 0 Å². The van der Waals surface area contributed by atoms with Crippen LogP contribution >= 0.6 is 0 Å². The Morgan fingerprint density at radius 2 is 1.96 bits per heavy atom. The number of amides is 2. The maximum Gasteiger partial charge on any atom is 0.319 e. The Labute approximate surface area is 135 Å². The normalized spacial score (nSPS) is 11.8. The molecule has 0 saturated heterocycles. The van der Waals surface area contributed by atoms with Gasteiger partial charge in [-0.25, -0.2) is 9.18 Å². The van der Waals surface area contributed by atoms with E-state index < -0.39 is 0 Å². The largest absolute Gasteiger partial charge is 0.396 e. The van der Waals surface area contributed by atoms with Crippen LogP contribution < -0.4 is 10.6 Å². The van der Waals surface area contributed by atoms with Gasteiger partial charge in [-0.3, -0.25) is 0 Å². The number of hydrogen-bond acceptors (Lipinski definition) is 2. The zero-order valence-corrected chi connectivity index (χ0v) is 13.1. The third-order valence-electron chi connectivity index (χ3n) is 3.59. The molecule has 0 bridgehead atoms. The smallest absolute Gasteiger partial charge is 0.319 e. The number of urea groups is 1. The van der Waals surface area contributed by atoms with E-state index in [4.69, 9.17) is 5.11 Å². The minimum absolute atomic E-state index is 0.0731. The minimum atomic E-state index is -0.355. The van der Waals surface area contributed by atoms with Crippen molar-refractivity contribution < 1.29 is 14.3 Å². The summed E-state index contributed by atoms with van der Waals surface area (Å²) in [6.07, 6.45) is 1.23. The molecule has 1 unspecified atom stereocenters. The molecule has 0 heterocycles. The lowest BCUT2D eigenvalue weighted by atomic mass is 10.0. The molecule has 0 aliphatic rings. The highest BCUT2D eigenvalue weighted by molar-refractivity contribution is 5.90. The van der Waals surface area contributed by atoms with E-state index in [1.807, 2.05) is 30.3 Å². The van der Waals surface area contributed by atoms with Crippen LogP contribution in [-0.4, -0.2) is 17.7 Å². The van der Waals surface area contributed by atoms with Gasteiger partial charge in [-0.15, -0.1) is 0 Å². The number of anilines is 1. The molecule has 2 rings (SSSR count). The fourth-order valence-corrected chi connectivity index (χ4v) is 2.39. The molecule has 2 aromatic rings. The highest BCUT2D eigenvalue weighted by atomic mass is 19.1. The Morgan fingerprint density at radius 1 is 1.22 bits per heavy atom. The molecule has 0 spiro atoms. The minimum Gasteiger partial charge on any atom is -0.396 e. The third-order valence-corrected chi connectivity index (χ3v) is 3.59. The maximum absolute atomic E-state index is 13.1. The van der Waals surface area contributed by atoms with Crippen LogP contribution in [0.15, 0.2) is 48.5 Å². The van der Waals surface area contributed by atoms with Gasteiger partial charge < -0.3 is 15.7 Å². The third kappa shape index (κ3) is 5.07. The molecule has 0 fully saturated rings. The summed E-state index contributed by atoms with van der Waals surface area (Å²) in [5, 5.41) is 14.7. The first kappa shape index (κ1) is 17.0. The van der Waals surface area contributed by atoms with Crippen LogP contribution in [0.5, 0.6) is 0 Å². The van der Waals surface area contributed by atoms with Crippen molar-refractivity contribution >= 4 is 11.7 Å². The number of carbonyl (C=O) groups excluding carboxylic acids is 1. The number of rotatable bonds is 6. The second kappa shape index (κ2) is 8.29. The number of nitrogens with one attached hydrogen (secondary N) is 2. The average molecular weight is 316 g/mol. The van der Waals surface area contributed by atoms with Gasteiger partial charge in [0.25, 0.3) is 0 Å². The zero-order chi connectivity index (χ0) is 16.7. The number of aliphatic hydroxyl groups is 1. The van der Waals surface area contributed by atoms with Gasteiger partial charge in [0.1, 0.15) is 5.82 Å². The maximum atomic E-state index is 13.1. The van der Waals surface area contributed by atoms with Crippen LogP contribution in [-0.2, 0) is 0 Å². The Balaban J connectivity index is 2.05. The number of halogens is 1. The number of hydrogen-bond donors (Lipinski definition) is 3. The van der Waals surface area contributed by atoms with E-state index in [1.54, 1.807) is 6.92 Å². The molecule has 3 N–H and O–H groups in total. The predicted octanol–water partition coefficient (Wildman–Crippen LogP) is 3.77. The Kier molecular flexibility index (Phi) is 6.11. The summed E-state index contributed by atoms with van der Waals surface area (Å²) in [4.78, 5) is 12.2. The monoisotopic (exact) mass is 316 g/mol. The van der Waals surface area contributed by atoms with Crippen LogP contribution in [0.2, 0.25) is 0 Å². The summed E-state index contributed by atoms with van der Waals surface area (Å²) in [7, 11) is 0. The number of aliphatic hydroxyl groups excluding tert-OH is 1. The SMILES string of the molecule is Cc1cc(F)ccc1NC(=O)NC(CCCO)c1ccccc1. The van der Waals surface area contributed by atoms with E-state index in [-0.39, 0.29) is 24.5 Å². The molecule has 0 radical (unpaired) electrons. The molecule has 5 heteroatoms. The Morgan fingerprint density at radius 3 is 2.61 bits per heavy atom. The Bertz CT molecular complexity index is 647. The van der Waals surface area contributed by atoms with Gasteiger partial charge in [0.05, 0.1) is 6.04 Å². The molecule has 0 aliphatic carbocycles. The lowest BCUT2D eigenvalue weighted by molar-refractivity contribution is 0.243. The highest BCUT2D eigenvalue weighted by Gasteiger charge is 2.14. The van der Waals surface area contributed by atoms with Crippen molar-refractivity contribution in [1.29, 1.82) is 0 Å². The van der Waals surface area contributed by atoms with E-state index >= 15 is 0 Å². The standard InChI is InChI=1S/C18H21FN2O2/c1-13-12-15(19)9-10-16(13)20-18(23)21-17(8-5-11-22)14-6-3-2-4-7-14/h2-4,6-7,9-10,12,17,22H,5,8,11H2,1H3,(H2,20,21,23). The molecule has 2 aromatic carbocycles. The van der Waals surface area contributed by atoms with E-state index in [0.717, 1.165) is 5.56 Å². The number of aryl methyl sites for hydroxylation is 1. The fraction of sp³-hybridized carbons (Fsp3) is 0.278. The van der Waals surface area contributed by atoms with Crippen molar-refractivity contribution in [2.75, 3.05) is 11.9 Å². The second-order valence-electron chi connectivity index (χ2n) is 5.39. The van der Waals surface area contributed by atoms with Crippen molar-refractivity contribution in [3.05, 3.63) is 65.5 Å². The zero-order valence-electron chi connectivity index (χ0n) is 13.1. The molecule has 122 valence electrons. The van der Waals surface area contributed by atoms with Gasteiger partial charge in [-0.1, -0.05) is 30.3 Å². The van der Waals surface area contributed by atoms with Gasteiger partial charge in [0.15, 0.2) is 0 Å². The van der Waals surface area contributed by atoms with Crippen LogP contribution in [0.1, 0.15) is 30.0 Å². The van der Waals surface area contributed by atoms with Gasteiger partial charge in [-0.05, 0) is 49.1 Å². The van der Waals surface area contributed by atoms with E-state index in [9.17, 15) is 9.18 Å². The van der Waals surface area contributed by atoms with E-state index in [2.05, 4.69) is 10.6 Å².